The smallest absolute Gasteiger partial charge is 0.00926 e. The molecule has 1 rings (SSSR count). The van der Waals surface area contributed by atoms with Crippen LogP contribution in [0, 0.1) is 5.92 Å². The van der Waals surface area contributed by atoms with E-state index in [0.29, 0.717) is 4.75 Å². The summed E-state index contributed by atoms with van der Waals surface area (Å²) in [4.78, 5) is 0. The van der Waals surface area contributed by atoms with Gasteiger partial charge in [-0.25, -0.2) is 0 Å². The molecule has 0 aromatic carbocycles. The van der Waals surface area contributed by atoms with Gasteiger partial charge in [-0.05, 0) is 25.3 Å². The third-order valence-electron chi connectivity index (χ3n) is 2.65. The van der Waals surface area contributed by atoms with Crippen molar-refractivity contribution in [1.29, 1.82) is 0 Å². The zero-order chi connectivity index (χ0) is 9.90. The first-order valence-electron chi connectivity index (χ1n) is 5.41. The molecule has 1 aliphatic rings. The van der Waals surface area contributed by atoms with Crippen LogP contribution >= 0.6 is 11.8 Å². The predicted molar refractivity (Wildman–Crippen MR) is 62.1 cm³/mol. The molecule has 0 aromatic heterocycles. The van der Waals surface area contributed by atoms with E-state index in [2.05, 4.69) is 32.5 Å². The van der Waals surface area contributed by atoms with E-state index in [1.807, 2.05) is 0 Å². The first kappa shape index (κ1) is 11.4. The van der Waals surface area contributed by atoms with Crippen molar-refractivity contribution in [3.63, 3.8) is 0 Å². The molecule has 2 atom stereocenters. The van der Waals surface area contributed by atoms with Gasteiger partial charge >= 0.3 is 0 Å². The summed E-state index contributed by atoms with van der Waals surface area (Å²) in [6, 6.07) is 0. The van der Waals surface area contributed by atoms with Gasteiger partial charge in [0.25, 0.3) is 0 Å². The van der Waals surface area contributed by atoms with Gasteiger partial charge in [-0.1, -0.05) is 33.6 Å². The highest BCUT2D eigenvalue weighted by Crippen LogP contribution is 2.39. The van der Waals surface area contributed by atoms with Crippen LogP contribution < -0.4 is 5.73 Å². The van der Waals surface area contributed by atoms with E-state index in [1.54, 1.807) is 0 Å². The summed E-state index contributed by atoms with van der Waals surface area (Å²) in [5.74, 6) is 0.776. The quantitative estimate of drug-likeness (QED) is 0.743. The summed E-state index contributed by atoms with van der Waals surface area (Å²) >= 11 is 2.13. The van der Waals surface area contributed by atoms with Crippen LogP contribution in [-0.2, 0) is 0 Å². The Morgan fingerprint density at radius 1 is 1.23 bits per heavy atom. The number of rotatable bonds is 2. The Hall–Kier alpha value is 0.310. The fraction of sp³-hybridized carbons (Fsp3) is 1.00. The molecule has 2 unspecified atom stereocenters. The maximum Gasteiger partial charge on any atom is 0.00926 e. The average molecular weight is 201 g/mol. The first-order valence-corrected chi connectivity index (χ1v) is 6.29. The van der Waals surface area contributed by atoms with Crippen molar-refractivity contribution in [3.05, 3.63) is 0 Å². The molecule has 1 fully saturated rings. The molecular weight excluding hydrogens is 178 g/mol. The number of thioether (sulfide) groups is 1. The lowest BCUT2D eigenvalue weighted by atomic mass is 9.89. The molecule has 1 nitrogen and oxygen atoms in total. The third-order valence-corrected chi connectivity index (χ3v) is 4.28. The van der Waals surface area contributed by atoms with Gasteiger partial charge in [-0.2, -0.15) is 11.8 Å². The summed E-state index contributed by atoms with van der Waals surface area (Å²) in [6.07, 6.45) is 5.53. The SMILES string of the molecule is CC(C)(C)SC1CCCCC1CN. The van der Waals surface area contributed by atoms with Crippen molar-refractivity contribution in [2.75, 3.05) is 6.54 Å². The summed E-state index contributed by atoms with van der Waals surface area (Å²) in [5.41, 5.74) is 5.80. The molecule has 0 radical (unpaired) electrons. The minimum atomic E-state index is 0.398. The van der Waals surface area contributed by atoms with Crippen LogP contribution in [-0.4, -0.2) is 16.5 Å². The second kappa shape index (κ2) is 4.70. The molecule has 2 N–H and O–H groups in total. The van der Waals surface area contributed by atoms with Gasteiger partial charge in [0.2, 0.25) is 0 Å². The van der Waals surface area contributed by atoms with Crippen molar-refractivity contribution in [2.24, 2.45) is 11.7 Å². The summed E-state index contributed by atoms with van der Waals surface area (Å²) in [7, 11) is 0. The lowest BCUT2D eigenvalue weighted by Gasteiger charge is -2.34. The Labute approximate surface area is 86.8 Å². The minimum absolute atomic E-state index is 0.398. The van der Waals surface area contributed by atoms with Gasteiger partial charge in [0, 0.05) is 10.00 Å². The van der Waals surface area contributed by atoms with Crippen LogP contribution in [0.5, 0.6) is 0 Å². The predicted octanol–water partition coefficient (Wildman–Crippen LogP) is 3.04. The molecule has 0 heterocycles. The van der Waals surface area contributed by atoms with Crippen LogP contribution in [0.4, 0.5) is 0 Å². The summed E-state index contributed by atoms with van der Waals surface area (Å²) < 4.78 is 0.398. The van der Waals surface area contributed by atoms with E-state index >= 15 is 0 Å². The Morgan fingerprint density at radius 2 is 1.85 bits per heavy atom. The van der Waals surface area contributed by atoms with Gasteiger partial charge in [0.05, 0.1) is 0 Å². The number of hydrogen-bond donors (Lipinski definition) is 1. The number of hydrogen-bond acceptors (Lipinski definition) is 2. The molecule has 0 saturated heterocycles. The minimum Gasteiger partial charge on any atom is -0.330 e. The van der Waals surface area contributed by atoms with Crippen LogP contribution in [0.1, 0.15) is 46.5 Å². The second-order valence-electron chi connectivity index (χ2n) is 5.05. The molecule has 0 spiro atoms. The Balaban J connectivity index is 2.45. The topological polar surface area (TPSA) is 26.0 Å². The fourth-order valence-corrected chi connectivity index (χ4v) is 3.68. The maximum atomic E-state index is 5.80. The van der Waals surface area contributed by atoms with Gasteiger partial charge in [-0.3, -0.25) is 0 Å². The molecule has 0 aromatic rings. The van der Waals surface area contributed by atoms with Crippen LogP contribution in [0.25, 0.3) is 0 Å². The van der Waals surface area contributed by atoms with Crippen LogP contribution in [0.2, 0.25) is 0 Å². The van der Waals surface area contributed by atoms with E-state index < -0.39 is 0 Å². The molecule has 1 saturated carbocycles. The van der Waals surface area contributed by atoms with Crippen molar-refractivity contribution in [1.82, 2.24) is 0 Å². The molecule has 0 bridgehead atoms. The highest BCUT2D eigenvalue weighted by atomic mass is 32.2. The molecule has 2 heteroatoms. The zero-order valence-corrected chi connectivity index (χ0v) is 9.99. The summed E-state index contributed by atoms with van der Waals surface area (Å²) in [6.45, 7) is 7.80. The van der Waals surface area contributed by atoms with E-state index in [0.717, 1.165) is 17.7 Å². The fourth-order valence-electron chi connectivity index (χ4n) is 2.05. The maximum absolute atomic E-state index is 5.80. The standard InChI is InChI=1S/C11H23NS/c1-11(2,3)13-10-7-5-4-6-9(10)8-12/h9-10H,4-8,12H2,1-3H3. The molecule has 13 heavy (non-hydrogen) atoms. The van der Waals surface area contributed by atoms with Crippen LogP contribution in [0.3, 0.4) is 0 Å². The normalized spacial score (nSPS) is 30.5. The van der Waals surface area contributed by atoms with Crippen molar-refractivity contribution < 1.29 is 0 Å². The molecule has 1 aliphatic carbocycles. The highest BCUT2D eigenvalue weighted by Gasteiger charge is 2.28. The monoisotopic (exact) mass is 201 g/mol. The van der Waals surface area contributed by atoms with Gasteiger partial charge in [-0.15, -0.1) is 0 Å². The average Bonchev–Trinajstić information content (AvgIpc) is 2.02. The van der Waals surface area contributed by atoms with Crippen molar-refractivity contribution in [2.45, 2.75) is 56.5 Å². The third kappa shape index (κ3) is 3.90. The van der Waals surface area contributed by atoms with E-state index in [1.165, 1.54) is 25.7 Å². The van der Waals surface area contributed by atoms with Gasteiger partial charge < -0.3 is 5.73 Å². The Bertz CT molecular complexity index is 151. The lowest BCUT2D eigenvalue weighted by molar-refractivity contribution is 0.376. The Kier molecular flexibility index (Phi) is 4.11. The molecule has 78 valence electrons. The highest BCUT2D eigenvalue weighted by molar-refractivity contribution is 8.01. The molecular formula is C11H23NS. The van der Waals surface area contributed by atoms with Gasteiger partial charge in [0.15, 0.2) is 0 Å². The van der Waals surface area contributed by atoms with Crippen molar-refractivity contribution in [3.8, 4) is 0 Å². The first-order chi connectivity index (χ1) is 6.03. The van der Waals surface area contributed by atoms with Gasteiger partial charge in [0.1, 0.15) is 0 Å². The largest absolute Gasteiger partial charge is 0.330 e. The zero-order valence-electron chi connectivity index (χ0n) is 9.18. The molecule has 0 amide bonds. The van der Waals surface area contributed by atoms with E-state index in [4.69, 9.17) is 5.73 Å². The van der Waals surface area contributed by atoms with E-state index in [9.17, 15) is 0 Å². The Morgan fingerprint density at radius 3 is 2.38 bits per heavy atom. The summed E-state index contributed by atoms with van der Waals surface area (Å²) in [5, 5.41) is 0.818. The van der Waals surface area contributed by atoms with Crippen LogP contribution in [0.15, 0.2) is 0 Å². The second-order valence-corrected chi connectivity index (χ2v) is 7.11. The van der Waals surface area contributed by atoms with E-state index in [-0.39, 0.29) is 0 Å². The van der Waals surface area contributed by atoms with Crippen molar-refractivity contribution >= 4 is 11.8 Å². The molecule has 0 aliphatic heterocycles. The number of nitrogens with two attached hydrogens (primary N) is 1. The lowest BCUT2D eigenvalue weighted by Crippen LogP contribution is -2.31.